The molecule has 0 saturated carbocycles. The number of rotatable bonds is 5. The van der Waals surface area contributed by atoms with Crippen molar-refractivity contribution in [3.05, 3.63) is 42.5 Å². The van der Waals surface area contributed by atoms with Crippen LogP contribution in [0, 0.1) is 0 Å². The number of aromatic hydroxyl groups is 1. The van der Waals surface area contributed by atoms with Gasteiger partial charge in [0, 0.05) is 0 Å². The summed E-state index contributed by atoms with van der Waals surface area (Å²) in [5.41, 5.74) is 6.49. The molecule has 0 fully saturated rings. The van der Waals surface area contributed by atoms with Crippen molar-refractivity contribution in [2.75, 3.05) is 0 Å². The third kappa shape index (κ3) is 3.92. The standard InChI is InChI=1S/C13H18N2O2/c1-3-5-12(14)13(17)15-9(2)10-6-4-7-11(16)8-10/h3-4,6-9,12,16H,1,5,14H2,2H3,(H,15,17). The molecule has 4 heteroatoms. The van der Waals surface area contributed by atoms with E-state index in [1.54, 1.807) is 24.3 Å². The van der Waals surface area contributed by atoms with E-state index in [0.717, 1.165) is 5.56 Å². The van der Waals surface area contributed by atoms with E-state index < -0.39 is 6.04 Å². The number of benzene rings is 1. The van der Waals surface area contributed by atoms with Crippen molar-refractivity contribution in [2.45, 2.75) is 25.4 Å². The van der Waals surface area contributed by atoms with Gasteiger partial charge in [-0.05, 0) is 31.0 Å². The Labute approximate surface area is 101 Å². The van der Waals surface area contributed by atoms with Gasteiger partial charge >= 0.3 is 0 Å². The second kappa shape index (κ2) is 6.06. The van der Waals surface area contributed by atoms with Crippen LogP contribution in [0.2, 0.25) is 0 Å². The minimum absolute atomic E-state index is 0.180. The lowest BCUT2D eigenvalue weighted by Crippen LogP contribution is -2.41. The van der Waals surface area contributed by atoms with E-state index in [1.165, 1.54) is 0 Å². The van der Waals surface area contributed by atoms with Gasteiger partial charge < -0.3 is 16.2 Å². The second-order valence-corrected chi connectivity index (χ2v) is 3.96. The number of carbonyl (C=O) groups is 1. The van der Waals surface area contributed by atoms with Gasteiger partial charge in [-0.2, -0.15) is 0 Å². The fraction of sp³-hybridized carbons (Fsp3) is 0.308. The van der Waals surface area contributed by atoms with Crippen LogP contribution in [-0.2, 0) is 4.79 Å². The fourth-order valence-electron chi connectivity index (χ4n) is 1.48. The minimum Gasteiger partial charge on any atom is -0.508 e. The lowest BCUT2D eigenvalue weighted by atomic mass is 10.1. The lowest BCUT2D eigenvalue weighted by molar-refractivity contribution is -0.122. The molecule has 2 unspecified atom stereocenters. The molecule has 0 saturated heterocycles. The molecule has 0 aliphatic carbocycles. The largest absolute Gasteiger partial charge is 0.508 e. The van der Waals surface area contributed by atoms with Crippen LogP contribution in [0.3, 0.4) is 0 Å². The van der Waals surface area contributed by atoms with E-state index in [4.69, 9.17) is 5.73 Å². The van der Waals surface area contributed by atoms with Crippen molar-refractivity contribution in [3.63, 3.8) is 0 Å². The summed E-state index contributed by atoms with van der Waals surface area (Å²) in [6.45, 7) is 5.38. The zero-order valence-corrected chi connectivity index (χ0v) is 9.89. The van der Waals surface area contributed by atoms with Crippen LogP contribution in [0.15, 0.2) is 36.9 Å². The predicted molar refractivity (Wildman–Crippen MR) is 67.5 cm³/mol. The predicted octanol–water partition coefficient (Wildman–Crippen LogP) is 1.47. The highest BCUT2D eigenvalue weighted by atomic mass is 16.3. The maximum Gasteiger partial charge on any atom is 0.237 e. The first kappa shape index (κ1) is 13.3. The van der Waals surface area contributed by atoms with Gasteiger partial charge in [-0.15, -0.1) is 6.58 Å². The molecule has 0 aliphatic heterocycles. The Balaban J connectivity index is 2.63. The first-order chi connectivity index (χ1) is 8.04. The summed E-state index contributed by atoms with van der Waals surface area (Å²) >= 11 is 0. The Bertz CT molecular complexity index is 404. The van der Waals surface area contributed by atoms with E-state index in [-0.39, 0.29) is 17.7 Å². The highest BCUT2D eigenvalue weighted by molar-refractivity contribution is 5.82. The van der Waals surface area contributed by atoms with Crippen LogP contribution < -0.4 is 11.1 Å². The highest BCUT2D eigenvalue weighted by Gasteiger charge is 2.15. The molecule has 0 spiro atoms. The number of nitrogens with two attached hydrogens (primary N) is 1. The monoisotopic (exact) mass is 234 g/mol. The summed E-state index contributed by atoms with van der Waals surface area (Å²) in [7, 11) is 0. The lowest BCUT2D eigenvalue weighted by Gasteiger charge is -2.17. The third-order valence-electron chi connectivity index (χ3n) is 2.49. The molecular formula is C13H18N2O2. The first-order valence-corrected chi connectivity index (χ1v) is 5.50. The summed E-state index contributed by atoms with van der Waals surface area (Å²) in [5, 5.41) is 12.1. The number of carbonyl (C=O) groups excluding carboxylic acids is 1. The van der Waals surface area contributed by atoms with Crippen molar-refractivity contribution >= 4 is 5.91 Å². The molecular weight excluding hydrogens is 216 g/mol. The average Bonchev–Trinajstić information content (AvgIpc) is 2.29. The molecule has 92 valence electrons. The molecule has 1 rings (SSSR count). The van der Waals surface area contributed by atoms with E-state index in [0.29, 0.717) is 6.42 Å². The van der Waals surface area contributed by atoms with Gasteiger partial charge in [-0.1, -0.05) is 18.2 Å². The summed E-state index contributed by atoms with van der Waals surface area (Å²) in [4.78, 5) is 11.7. The van der Waals surface area contributed by atoms with Gasteiger partial charge in [0.25, 0.3) is 0 Å². The summed E-state index contributed by atoms with van der Waals surface area (Å²) in [6, 6.07) is 6.00. The van der Waals surface area contributed by atoms with Crippen molar-refractivity contribution in [1.29, 1.82) is 0 Å². The number of hydrogen-bond acceptors (Lipinski definition) is 3. The Morgan fingerprint density at radius 1 is 1.65 bits per heavy atom. The topological polar surface area (TPSA) is 75.4 Å². The maximum absolute atomic E-state index is 11.7. The van der Waals surface area contributed by atoms with Crippen molar-refractivity contribution in [1.82, 2.24) is 5.32 Å². The molecule has 0 aliphatic rings. The highest BCUT2D eigenvalue weighted by Crippen LogP contribution is 2.17. The van der Waals surface area contributed by atoms with Crippen LogP contribution in [0.1, 0.15) is 24.9 Å². The third-order valence-corrected chi connectivity index (χ3v) is 2.49. The minimum atomic E-state index is -0.577. The Morgan fingerprint density at radius 3 is 2.94 bits per heavy atom. The number of amides is 1. The van der Waals surface area contributed by atoms with Gasteiger partial charge in [-0.3, -0.25) is 4.79 Å². The van der Waals surface area contributed by atoms with Crippen LogP contribution in [0.5, 0.6) is 5.75 Å². The summed E-state index contributed by atoms with van der Waals surface area (Å²) in [6.07, 6.45) is 2.06. The number of phenols is 1. The van der Waals surface area contributed by atoms with Gasteiger partial charge in [0.05, 0.1) is 12.1 Å². The molecule has 1 amide bonds. The van der Waals surface area contributed by atoms with E-state index in [2.05, 4.69) is 11.9 Å². The van der Waals surface area contributed by atoms with Crippen LogP contribution >= 0.6 is 0 Å². The summed E-state index contributed by atoms with van der Waals surface area (Å²) < 4.78 is 0. The number of nitrogens with one attached hydrogen (secondary N) is 1. The molecule has 4 nitrogen and oxygen atoms in total. The number of phenolic OH excluding ortho intramolecular Hbond substituents is 1. The molecule has 4 N–H and O–H groups in total. The van der Waals surface area contributed by atoms with Crippen molar-refractivity contribution in [3.8, 4) is 5.75 Å². The smallest absolute Gasteiger partial charge is 0.237 e. The number of hydrogen-bond donors (Lipinski definition) is 3. The molecule has 0 bridgehead atoms. The first-order valence-electron chi connectivity index (χ1n) is 5.50. The maximum atomic E-state index is 11.7. The van der Waals surface area contributed by atoms with Crippen molar-refractivity contribution in [2.24, 2.45) is 5.73 Å². The second-order valence-electron chi connectivity index (χ2n) is 3.96. The van der Waals surface area contributed by atoms with E-state index in [9.17, 15) is 9.90 Å². The Morgan fingerprint density at radius 2 is 2.35 bits per heavy atom. The molecule has 0 radical (unpaired) electrons. The molecule has 2 atom stereocenters. The van der Waals surface area contributed by atoms with Gasteiger partial charge in [0.15, 0.2) is 0 Å². The van der Waals surface area contributed by atoms with Crippen molar-refractivity contribution < 1.29 is 9.90 Å². The van der Waals surface area contributed by atoms with Crippen LogP contribution in [0.4, 0.5) is 0 Å². The average molecular weight is 234 g/mol. The molecule has 0 heterocycles. The zero-order valence-electron chi connectivity index (χ0n) is 9.89. The molecule has 1 aromatic rings. The van der Waals surface area contributed by atoms with E-state index in [1.807, 2.05) is 13.0 Å². The normalized spacial score (nSPS) is 13.8. The van der Waals surface area contributed by atoms with Gasteiger partial charge in [0.1, 0.15) is 5.75 Å². The van der Waals surface area contributed by atoms with E-state index >= 15 is 0 Å². The molecule has 1 aromatic carbocycles. The fourth-order valence-corrected chi connectivity index (χ4v) is 1.48. The van der Waals surface area contributed by atoms with Gasteiger partial charge in [0.2, 0.25) is 5.91 Å². The van der Waals surface area contributed by atoms with Gasteiger partial charge in [-0.25, -0.2) is 0 Å². The van der Waals surface area contributed by atoms with Crippen LogP contribution in [0.25, 0.3) is 0 Å². The SMILES string of the molecule is C=CCC(N)C(=O)NC(C)c1cccc(O)c1. The zero-order chi connectivity index (χ0) is 12.8. The quantitative estimate of drug-likeness (QED) is 0.675. The summed E-state index contributed by atoms with van der Waals surface area (Å²) in [5.74, 6) is -0.0419. The Hall–Kier alpha value is -1.81. The molecule has 0 aromatic heterocycles. The van der Waals surface area contributed by atoms with Crippen LogP contribution in [-0.4, -0.2) is 17.1 Å². The molecule has 17 heavy (non-hydrogen) atoms. The Kier molecular flexibility index (Phi) is 4.72.